The van der Waals surface area contributed by atoms with E-state index in [2.05, 4.69) is 39.7 Å². The average Bonchev–Trinajstić information content (AvgIpc) is 3.18. The molecule has 2 aromatic rings. The van der Waals surface area contributed by atoms with Crippen LogP contribution in [0.5, 0.6) is 0 Å². The van der Waals surface area contributed by atoms with Crippen molar-refractivity contribution >= 4 is 53.5 Å². The monoisotopic (exact) mass is 519 g/mol. The van der Waals surface area contributed by atoms with Crippen LogP contribution in [0.15, 0.2) is 59.6 Å². The third kappa shape index (κ3) is 8.73. The average molecular weight is 519 g/mol. The van der Waals surface area contributed by atoms with Gasteiger partial charge >= 0.3 is 19.5 Å². The first-order valence-corrected chi connectivity index (χ1v) is 11.2. The quantitative estimate of drug-likeness (QED) is 0.202. The van der Waals surface area contributed by atoms with Gasteiger partial charge in [0.1, 0.15) is 0 Å². The molecule has 1 fully saturated rings. The van der Waals surface area contributed by atoms with Crippen LogP contribution < -0.4 is 0 Å². The number of hydrogen-bond acceptors (Lipinski definition) is 5. The van der Waals surface area contributed by atoms with Gasteiger partial charge in [0.15, 0.2) is 0 Å². The SMILES string of the molecule is CSN1[CH-]N(SC)CC1.[CH2-]/C=C\c1ccccc1C=Nc1ccc(Cl)cc1.[Ru+2]. The summed E-state index contributed by atoms with van der Waals surface area (Å²) in [6.45, 7) is 8.17. The van der Waals surface area contributed by atoms with Crippen molar-refractivity contribution in [3.8, 4) is 0 Å². The Bertz CT molecular complexity index is 744. The molecule has 0 saturated carbocycles. The number of halogens is 1. The van der Waals surface area contributed by atoms with Crippen LogP contribution in [0.3, 0.4) is 0 Å². The first kappa shape index (κ1) is 25.3. The van der Waals surface area contributed by atoms with Crippen molar-refractivity contribution in [2.24, 2.45) is 4.99 Å². The summed E-state index contributed by atoms with van der Waals surface area (Å²) in [4.78, 5) is 4.42. The first-order chi connectivity index (χ1) is 13.2. The van der Waals surface area contributed by atoms with Gasteiger partial charge in [0, 0.05) is 11.2 Å². The summed E-state index contributed by atoms with van der Waals surface area (Å²) in [7, 11) is 0. The minimum Gasteiger partial charge on any atom is -0.386 e. The van der Waals surface area contributed by atoms with E-state index in [4.69, 9.17) is 11.6 Å². The maximum absolute atomic E-state index is 5.83. The van der Waals surface area contributed by atoms with E-state index in [0.29, 0.717) is 5.02 Å². The Kier molecular flexibility index (Phi) is 12.9. The summed E-state index contributed by atoms with van der Waals surface area (Å²) in [5, 5.41) is 0.717. The van der Waals surface area contributed by atoms with Crippen molar-refractivity contribution in [2.75, 3.05) is 25.6 Å². The predicted molar refractivity (Wildman–Crippen MR) is 124 cm³/mol. The van der Waals surface area contributed by atoms with Crippen LogP contribution in [0.4, 0.5) is 5.69 Å². The summed E-state index contributed by atoms with van der Waals surface area (Å²) < 4.78 is 4.47. The van der Waals surface area contributed by atoms with E-state index in [1.54, 1.807) is 30.0 Å². The summed E-state index contributed by atoms with van der Waals surface area (Å²) in [6, 6.07) is 15.5. The van der Waals surface area contributed by atoms with Crippen LogP contribution >= 0.6 is 35.5 Å². The minimum atomic E-state index is 0. The summed E-state index contributed by atoms with van der Waals surface area (Å²) in [5.74, 6) is 0. The second-order valence-electron chi connectivity index (χ2n) is 5.53. The molecule has 0 unspecified atom stereocenters. The van der Waals surface area contributed by atoms with Crippen molar-refractivity contribution in [1.29, 1.82) is 0 Å². The number of nitrogens with zero attached hydrogens (tertiary/aromatic N) is 3. The Morgan fingerprint density at radius 2 is 1.57 bits per heavy atom. The first-order valence-electron chi connectivity index (χ1n) is 8.47. The van der Waals surface area contributed by atoms with E-state index < -0.39 is 0 Å². The van der Waals surface area contributed by atoms with Crippen molar-refractivity contribution < 1.29 is 19.5 Å². The molecule has 0 N–H and O–H groups in total. The molecule has 150 valence electrons. The van der Waals surface area contributed by atoms with Crippen molar-refractivity contribution in [2.45, 2.75) is 0 Å². The van der Waals surface area contributed by atoms with Gasteiger partial charge in [0.25, 0.3) is 0 Å². The molecule has 1 saturated heterocycles. The van der Waals surface area contributed by atoms with Crippen LogP contribution in [0, 0.1) is 13.6 Å². The molecule has 1 aliphatic rings. The van der Waals surface area contributed by atoms with E-state index in [9.17, 15) is 0 Å². The van der Waals surface area contributed by atoms with Crippen LogP contribution in [0.2, 0.25) is 5.02 Å². The Balaban J connectivity index is 0.000000332. The minimum absolute atomic E-state index is 0. The van der Waals surface area contributed by atoms with E-state index in [1.165, 1.54) is 0 Å². The number of rotatable bonds is 5. The number of allylic oxidation sites excluding steroid dienone is 1. The van der Waals surface area contributed by atoms with Crippen LogP contribution in [-0.2, 0) is 19.5 Å². The van der Waals surface area contributed by atoms with E-state index in [1.807, 2.05) is 60.8 Å². The van der Waals surface area contributed by atoms with Gasteiger partial charge in [-0.15, -0.1) is 23.9 Å². The maximum Gasteiger partial charge on any atom is 2.00 e. The van der Waals surface area contributed by atoms with Gasteiger partial charge in [0.05, 0.1) is 5.69 Å². The molecule has 3 rings (SSSR count). The summed E-state index contributed by atoms with van der Waals surface area (Å²) in [6.07, 6.45) is 9.78. The molecule has 0 spiro atoms. The number of aliphatic imine (C=N–C) groups is 1. The predicted octanol–water partition coefficient (Wildman–Crippen LogP) is 6.21. The summed E-state index contributed by atoms with van der Waals surface area (Å²) >= 11 is 9.38. The molecule has 0 radical (unpaired) electrons. The molecular weight excluding hydrogens is 495 g/mol. The van der Waals surface area contributed by atoms with Gasteiger partial charge in [-0.1, -0.05) is 41.4 Å². The Morgan fingerprint density at radius 3 is 2.07 bits per heavy atom. The Morgan fingerprint density at radius 1 is 1.00 bits per heavy atom. The van der Waals surface area contributed by atoms with Crippen molar-refractivity contribution in [1.82, 2.24) is 8.61 Å². The molecule has 0 aliphatic carbocycles. The normalized spacial score (nSPS) is 14.8. The van der Waals surface area contributed by atoms with E-state index in [-0.39, 0.29) is 19.5 Å². The zero-order valence-electron chi connectivity index (χ0n) is 15.9. The fourth-order valence-corrected chi connectivity index (χ4v) is 3.44. The third-order valence-corrected chi connectivity index (χ3v) is 5.48. The molecule has 1 aliphatic heterocycles. The maximum atomic E-state index is 5.83. The van der Waals surface area contributed by atoms with E-state index >= 15 is 0 Å². The third-order valence-electron chi connectivity index (χ3n) is 3.74. The van der Waals surface area contributed by atoms with Gasteiger partial charge in [-0.25, -0.2) is 19.1 Å². The number of hydrogen-bond donors (Lipinski definition) is 0. The molecule has 0 amide bonds. The number of benzene rings is 2. The molecule has 3 nitrogen and oxygen atoms in total. The molecule has 1 heterocycles. The van der Waals surface area contributed by atoms with Crippen LogP contribution in [-0.4, -0.2) is 40.4 Å². The Hall–Kier alpha value is -0.747. The molecule has 0 atom stereocenters. The fourth-order valence-electron chi connectivity index (χ4n) is 2.31. The topological polar surface area (TPSA) is 18.8 Å². The fraction of sp³-hybridized carbons (Fsp3) is 0.190. The summed E-state index contributed by atoms with van der Waals surface area (Å²) in [5.41, 5.74) is 3.05. The smallest absolute Gasteiger partial charge is 0.386 e. The second kappa shape index (κ2) is 14.3. The van der Waals surface area contributed by atoms with Gasteiger partial charge in [-0.3, -0.25) is 4.99 Å². The standard InChI is InChI=1S/C16H13ClN.C5H11N2S2.Ru/c1-2-5-13-6-3-4-7-14(13)12-18-16-10-8-15(17)9-11-16;1-8-6-3-4-7(5-6)9-2;/h2-12H,1H2;5H,3-4H2,1-2H3;/q2*-1;+2/b5-2-,18-12?;;. The zero-order valence-corrected chi connectivity index (χ0v) is 20.1. The second-order valence-corrected chi connectivity index (χ2v) is 7.63. The molecule has 2 aromatic carbocycles. The van der Waals surface area contributed by atoms with Crippen LogP contribution in [0.1, 0.15) is 11.1 Å². The van der Waals surface area contributed by atoms with Gasteiger partial charge in [0.2, 0.25) is 0 Å². The Labute approximate surface area is 195 Å². The van der Waals surface area contributed by atoms with Crippen LogP contribution in [0.25, 0.3) is 6.08 Å². The molecular formula is C21H24ClN3RuS2. The van der Waals surface area contributed by atoms with Crippen molar-refractivity contribution in [3.05, 3.63) is 84.3 Å². The molecule has 7 heteroatoms. The van der Waals surface area contributed by atoms with Gasteiger partial charge in [-0.05, 0) is 55.4 Å². The largest absolute Gasteiger partial charge is 2.00 e. The van der Waals surface area contributed by atoms with Gasteiger partial charge in [-0.2, -0.15) is 6.67 Å². The van der Waals surface area contributed by atoms with Gasteiger partial charge < -0.3 is 8.61 Å². The van der Waals surface area contributed by atoms with E-state index in [0.717, 1.165) is 29.9 Å². The molecule has 0 bridgehead atoms. The zero-order chi connectivity index (χ0) is 19.5. The van der Waals surface area contributed by atoms with Crippen molar-refractivity contribution in [3.63, 3.8) is 0 Å². The molecule has 28 heavy (non-hydrogen) atoms. The molecule has 0 aromatic heterocycles.